The first-order valence-corrected chi connectivity index (χ1v) is 10.1. The molecule has 0 radical (unpaired) electrons. The molecule has 0 saturated carbocycles. The van der Waals surface area contributed by atoms with Gasteiger partial charge in [0.15, 0.2) is 0 Å². The van der Waals surface area contributed by atoms with E-state index in [1.54, 1.807) is 17.0 Å². The van der Waals surface area contributed by atoms with Crippen LogP contribution in [0.3, 0.4) is 0 Å². The average molecular weight is 387 g/mol. The number of aliphatic hydroxyl groups excluding tert-OH is 1. The lowest BCUT2D eigenvalue weighted by Crippen LogP contribution is -2.37. The molecule has 0 bridgehead atoms. The van der Waals surface area contributed by atoms with Gasteiger partial charge in [0.1, 0.15) is 5.82 Å². The molecule has 1 aromatic carbocycles. The molecule has 0 unspecified atom stereocenters. The number of nitrogens with one attached hydrogen (secondary N) is 1. The number of hydrogen-bond acceptors (Lipinski definition) is 5. The van der Waals surface area contributed by atoms with Crippen molar-refractivity contribution in [3.05, 3.63) is 35.6 Å². The highest BCUT2D eigenvalue weighted by Crippen LogP contribution is 2.19. The second kappa shape index (κ2) is 8.90. The average Bonchev–Trinajstić information content (AvgIpc) is 2.87. The summed E-state index contributed by atoms with van der Waals surface area (Å²) in [5.41, 5.74) is 0.928. The Kier molecular flexibility index (Phi) is 7.10. The topological polar surface area (TPSA) is 90.0 Å². The van der Waals surface area contributed by atoms with Crippen LogP contribution in [0.1, 0.15) is 5.56 Å². The summed E-state index contributed by atoms with van der Waals surface area (Å²) in [7, 11) is -0.472. The minimum absolute atomic E-state index is 0.110. The number of carbonyl (C=O) groups is 1. The molecule has 0 aromatic heterocycles. The molecule has 146 valence electrons. The summed E-state index contributed by atoms with van der Waals surface area (Å²) in [6.45, 7) is 1.18. The van der Waals surface area contributed by atoms with Gasteiger partial charge in [0, 0.05) is 39.6 Å². The molecule has 2 rings (SSSR count). The van der Waals surface area contributed by atoms with E-state index in [-0.39, 0.29) is 30.6 Å². The number of carbonyl (C=O) groups excluding carboxylic acids is 1. The second-order valence-corrected chi connectivity index (χ2v) is 9.04. The maximum absolute atomic E-state index is 12.8. The van der Waals surface area contributed by atoms with Crippen molar-refractivity contribution in [2.75, 3.05) is 46.0 Å². The van der Waals surface area contributed by atoms with E-state index >= 15 is 0 Å². The zero-order valence-corrected chi connectivity index (χ0v) is 15.9. The zero-order chi connectivity index (χ0) is 19.3. The Balaban J connectivity index is 1.74. The fourth-order valence-electron chi connectivity index (χ4n) is 2.91. The molecule has 1 aliphatic heterocycles. The Morgan fingerprint density at radius 3 is 2.58 bits per heavy atom. The van der Waals surface area contributed by atoms with E-state index in [4.69, 9.17) is 0 Å². The van der Waals surface area contributed by atoms with Crippen LogP contribution in [0.15, 0.2) is 24.3 Å². The number of amides is 1. The Hall–Kier alpha value is -1.55. The number of likely N-dealkylation sites (tertiary alicyclic amines) is 1. The summed E-state index contributed by atoms with van der Waals surface area (Å²) >= 11 is 0. The number of rotatable bonds is 8. The van der Waals surface area contributed by atoms with E-state index in [9.17, 15) is 22.7 Å². The molecule has 2 atom stereocenters. The third-order valence-corrected chi connectivity index (χ3v) is 6.44. The third kappa shape index (κ3) is 6.01. The van der Waals surface area contributed by atoms with Crippen LogP contribution in [0.4, 0.5) is 4.39 Å². The van der Waals surface area contributed by atoms with Crippen molar-refractivity contribution >= 4 is 15.9 Å². The van der Waals surface area contributed by atoms with Gasteiger partial charge in [-0.1, -0.05) is 12.1 Å². The number of hydrogen-bond donors (Lipinski definition) is 2. The van der Waals surface area contributed by atoms with Crippen LogP contribution in [-0.2, 0) is 21.2 Å². The van der Waals surface area contributed by atoms with Crippen molar-refractivity contribution in [2.45, 2.75) is 12.5 Å². The molecule has 1 amide bonds. The molecule has 2 N–H and O–H groups in total. The van der Waals surface area contributed by atoms with E-state index in [1.807, 2.05) is 0 Å². The Bertz CT molecular complexity index is 709. The molecule has 1 fully saturated rings. The van der Waals surface area contributed by atoms with Crippen LogP contribution in [-0.4, -0.2) is 80.8 Å². The zero-order valence-electron chi connectivity index (χ0n) is 15.1. The van der Waals surface area contributed by atoms with Gasteiger partial charge in [0.2, 0.25) is 15.9 Å². The van der Waals surface area contributed by atoms with Crippen molar-refractivity contribution < 1.29 is 22.7 Å². The number of nitrogens with zero attached hydrogens (tertiary/aromatic N) is 2. The summed E-state index contributed by atoms with van der Waals surface area (Å²) in [4.78, 5) is 13.8. The van der Waals surface area contributed by atoms with Crippen molar-refractivity contribution in [3.8, 4) is 0 Å². The Morgan fingerprint density at radius 2 is 1.96 bits per heavy atom. The quantitative estimate of drug-likeness (QED) is 0.638. The van der Waals surface area contributed by atoms with Crippen LogP contribution in [0.25, 0.3) is 0 Å². The van der Waals surface area contributed by atoms with Gasteiger partial charge in [-0.15, -0.1) is 0 Å². The maximum Gasteiger partial charge on any atom is 0.234 e. The molecule has 0 spiro atoms. The molecule has 1 heterocycles. The number of β-amino-alcohol motifs (C(OH)–C–C–N with tert-alkyl or cyclic N) is 1. The van der Waals surface area contributed by atoms with Gasteiger partial charge >= 0.3 is 0 Å². The van der Waals surface area contributed by atoms with Gasteiger partial charge < -0.3 is 10.4 Å². The second-order valence-electron chi connectivity index (χ2n) is 6.81. The summed E-state index contributed by atoms with van der Waals surface area (Å²) in [5, 5.41) is 12.9. The smallest absolute Gasteiger partial charge is 0.234 e. The summed E-state index contributed by atoms with van der Waals surface area (Å²) in [6.07, 6.45) is -0.171. The van der Waals surface area contributed by atoms with E-state index in [0.717, 1.165) is 9.87 Å². The third-order valence-electron chi connectivity index (χ3n) is 4.48. The fraction of sp³-hybridized carbons (Fsp3) is 0.588. The van der Waals surface area contributed by atoms with Crippen molar-refractivity contribution in [1.82, 2.24) is 14.5 Å². The van der Waals surface area contributed by atoms with Crippen LogP contribution >= 0.6 is 0 Å². The highest BCUT2D eigenvalue weighted by atomic mass is 32.2. The normalized spacial score (nSPS) is 21.3. The highest BCUT2D eigenvalue weighted by molar-refractivity contribution is 7.89. The standard InChI is InChI=1S/C17H26FN3O4S/c1-20(2)26(24,25)12-14-9-21(10-16(14)22)11-17(23)19-8-7-13-3-5-15(18)6-4-13/h3-6,14,16,22H,7-12H2,1-2H3,(H,19,23)/t14-,16-/m0/s1. The van der Waals surface area contributed by atoms with E-state index in [2.05, 4.69) is 5.32 Å². The van der Waals surface area contributed by atoms with Gasteiger partial charge in [0.25, 0.3) is 0 Å². The van der Waals surface area contributed by atoms with Crippen LogP contribution < -0.4 is 5.32 Å². The molecular weight excluding hydrogens is 361 g/mol. The molecule has 1 aromatic rings. The van der Waals surface area contributed by atoms with E-state index in [0.29, 0.717) is 19.5 Å². The lowest BCUT2D eigenvalue weighted by atomic mass is 10.1. The first-order valence-electron chi connectivity index (χ1n) is 8.49. The van der Waals surface area contributed by atoms with Gasteiger partial charge in [-0.25, -0.2) is 17.1 Å². The molecular formula is C17H26FN3O4S. The number of sulfonamides is 1. The van der Waals surface area contributed by atoms with Gasteiger partial charge in [0.05, 0.1) is 18.4 Å². The fourth-order valence-corrected chi connectivity index (χ4v) is 4.08. The Labute approximate surface area is 153 Å². The predicted molar refractivity (Wildman–Crippen MR) is 96.5 cm³/mol. The number of halogens is 1. The van der Waals surface area contributed by atoms with Crippen molar-refractivity contribution in [3.63, 3.8) is 0 Å². The monoisotopic (exact) mass is 387 g/mol. The van der Waals surface area contributed by atoms with Crippen molar-refractivity contribution in [1.29, 1.82) is 0 Å². The molecule has 0 aliphatic carbocycles. The van der Waals surface area contributed by atoms with Crippen LogP contribution in [0.5, 0.6) is 0 Å². The SMILES string of the molecule is CN(C)S(=O)(=O)C[C@@H]1CN(CC(=O)NCCc2ccc(F)cc2)C[C@@H]1O. The first-order chi connectivity index (χ1) is 12.2. The molecule has 1 aliphatic rings. The Morgan fingerprint density at radius 1 is 1.31 bits per heavy atom. The predicted octanol–water partition coefficient (Wildman–Crippen LogP) is -0.331. The largest absolute Gasteiger partial charge is 0.391 e. The number of benzene rings is 1. The lowest BCUT2D eigenvalue weighted by Gasteiger charge is -2.17. The maximum atomic E-state index is 12.8. The first kappa shape index (κ1) is 20.8. The summed E-state index contributed by atoms with van der Waals surface area (Å²) in [5.74, 6) is -1.02. The molecule has 7 nitrogen and oxygen atoms in total. The van der Waals surface area contributed by atoms with Gasteiger partial charge in [-0.05, 0) is 24.1 Å². The van der Waals surface area contributed by atoms with Crippen molar-refractivity contribution in [2.24, 2.45) is 5.92 Å². The van der Waals surface area contributed by atoms with Gasteiger partial charge in [-0.3, -0.25) is 9.69 Å². The van der Waals surface area contributed by atoms with Crippen LogP contribution in [0, 0.1) is 11.7 Å². The molecule has 9 heteroatoms. The minimum Gasteiger partial charge on any atom is -0.391 e. The molecule has 26 heavy (non-hydrogen) atoms. The van der Waals surface area contributed by atoms with E-state index < -0.39 is 22.0 Å². The highest BCUT2D eigenvalue weighted by Gasteiger charge is 2.35. The van der Waals surface area contributed by atoms with Crippen LogP contribution in [0.2, 0.25) is 0 Å². The minimum atomic E-state index is -3.39. The van der Waals surface area contributed by atoms with E-state index in [1.165, 1.54) is 26.2 Å². The summed E-state index contributed by atoms with van der Waals surface area (Å²) < 4.78 is 37.9. The summed E-state index contributed by atoms with van der Waals surface area (Å²) in [6, 6.07) is 6.11. The number of aliphatic hydroxyl groups is 1. The lowest BCUT2D eigenvalue weighted by molar-refractivity contribution is -0.122. The van der Waals surface area contributed by atoms with Gasteiger partial charge in [-0.2, -0.15) is 0 Å². The molecule has 1 saturated heterocycles.